The maximum Gasteiger partial charge on any atom is 0.366 e. The minimum absolute atomic E-state index is 0.166. The number of allylic oxidation sites excluding steroid dienone is 1. The highest BCUT2D eigenvalue weighted by atomic mass is 19.1. The van der Waals surface area contributed by atoms with E-state index in [1.165, 1.54) is 6.08 Å². The van der Waals surface area contributed by atoms with Crippen LogP contribution in [0.1, 0.15) is 12.5 Å². The molecule has 0 saturated carbocycles. The fraction of sp³-hybridized carbons (Fsp3) is 0.308. The average Bonchev–Trinajstić information content (AvgIpc) is 2.36. The zero-order valence-corrected chi connectivity index (χ0v) is 9.90. The predicted molar refractivity (Wildman–Crippen MR) is 62.5 cm³/mol. The van der Waals surface area contributed by atoms with E-state index in [-0.39, 0.29) is 6.61 Å². The van der Waals surface area contributed by atoms with Crippen LogP contribution in [-0.2, 0) is 16.0 Å². The number of benzene rings is 1. The van der Waals surface area contributed by atoms with Gasteiger partial charge in [-0.2, -0.15) is 4.39 Å². The van der Waals surface area contributed by atoms with E-state index in [9.17, 15) is 9.18 Å². The van der Waals surface area contributed by atoms with Gasteiger partial charge in [0.05, 0.1) is 13.7 Å². The van der Waals surface area contributed by atoms with Gasteiger partial charge in [-0.25, -0.2) is 4.79 Å². The monoisotopic (exact) mass is 238 g/mol. The van der Waals surface area contributed by atoms with Gasteiger partial charge in [0, 0.05) is 0 Å². The second kappa shape index (κ2) is 6.68. The standard InChI is InChI=1S/C13H15FO3/c1-3-17-13(15)12(14)8-7-10-5-4-6-11(9-10)16-2/h4-6,8-9H,3,7H2,1-2H3/b12-8+. The molecule has 0 radical (unpaired) electrons. The Morgan fingerprint density at radius 2 is 2.24 bits per heavy atom. The summed E-state index contributed by atoms with van der Waals surface area (Å²) in [6, 6.07) is 7.23. The molecular weight excluding hydrogens is 223 g/mol. The molecule has 1 aromatic rings. The minimum atomic E-state index is -0.921. The van der Waals surface area contributed by atoms with Gasteiger partial charge in [-0.15, -0.1) is 0 Å². The van der Waals surface area contributed by atoms with Crippen LogP contribution in [0.4, 0.5) is 4.39 Å². The Morgan fingerprint density at radius 1 is 1.47 bits per heavy atom. The number of carbonyl (C=O) groups is 1. The number of hydrogen-bond donors (Lipinski definition) is 0. The Balaban J connectivity index is 2.65. The smallest absolute Gasteiger partial charge is 0.366 e. The Kier molecular flexibility index (Phi) is 5.20. The third kappa shape index (κ3) is 4.26. The number of methoxy groups -OCH3 is 1. The normalized spacial score (nSPS) is 11.1. The average molecular weight is 238 g/mol. The molecule has 0 spiro atoms. The Hall–Kier alpha value is -1.84. The first-order chi connectivity index (χ1) is 8.17. The highest BCUT2D eigenvalue weighted by molar-refractivity contribution is 5.85. The number of halogens is 1. The summed E-state index contributed by atoms with van der Waals surface area (Å²) in [5.74, 6) is -1.09. The number of carbonyl (C=O) groups excluding carboxylic acids is 1. The van der Waals surface area contributed by atoms with Crippen molar-refractivity contribution in [2.45, 2.75) is 13.3 Å². The van der Waals surface area contributed by atoms with Gasteiger partial charge in [-0.05, 0) is 37.1 Å². The molecule has 0 aliphatic rings. The van der Waals surface area contributed by atoms with Crippen LogP contribution >= 0.6 is 0 Å². The van der Waals surface area contributed by atoms with E-state index in [0.29, 0.717) is 12.2 Å². The highest BCUT2D eigenvalue weighted by Crippen LogP contribution is 2.14. The van der Waals surface area contributed by atoms with E-state index in [2.05, 4.69) is 4.74 Å². The summed E-state index contributed by atoms with van der Waals surface area (Å²) in [7, 11) is 1.56. The Bertz CT molecular complexity index is 413. The molecule has 92 valence electrons. The lowest BCUT2D eigenvalue weighted by atomic mass is 10.1. The Labute approximate surface area is 99.9 Å². The molecule has 0 fully saturated rings. The summed E-state index contributed by atoms with van der Waals surface area (Å²) >= 11 is 0. The second-order valence-corrected chi connectivity index (χ2v) is 3.33. The van der Waals surface area contributed by atoms with Gasteiger partial charge < -0.3 is 9.47 Å². The van der Waals surface area contributed by atoms with Crippen LogP contribution in [0.5, 0.6) is 5.75 Å². The quantitative estimate of drug-likeness (QED) is 0.584. The molecule has 1 rings (SSSR count). The lowest BCUT2D eigenvalue weighted by Gasteiger charge is -2.02. The van der Waals surface area contributed by atoms with Crippen LogP contribution in [0, 0.1) is 0 Å². The van der Waals surface area contributed by atoms with Gasteiger partial charge in [-0.1, -0.05) is 12.1 Å². The second-order valence-electron chi connectivity index (χ2n) is 3.33. The van der Waals surface area contributed by atoms with Crippen LogP contribution in [0.2, 0.25) is 0 Å². The van der Waals surface area contributed by atoms with Crippen molar-refractivity contribution in [3.63, 3.8) is 0 Å². The first kappa shape index (κ1) is 13.2. The van der Waals surface area contributed by atoms with Crippen molar-refractivity contribution in [2.75, 3.05) is 13.7 Å². The van der Waals surface area contributed by atoms with E-state index >= 15 is 0 Å². The summed E-state index contributed by atoms with van der Waals surface area (Å²) < 4.78 is 22.8. The number of hydrogen-bond acceptors (Lipinski definition) is 3. The molecule has 0 aliphatic carbocycles. The summed E-state index contributed by atoms with van der Waals surface area (Å²) in [5.41, 5.74) is 0.865. The van der Waals surface area contributed by atoms with E-state index in [4.69, 9.17) is 4.74 Å². The molecular formula is C13H15FO3. The molecule has 0 unspecified atom stereocenters. The molecule has 0 bridgehead atoms. The maximum atomic E-state index is 13.2. The molecule has 0 aliphatic heterocycles. The van der Waals surface area contributed by atoms with E-state index in [1.807, 2.05) is 12.1 Å². The molecule has 4 heteroatoms. The minimum Gasteiger partial charge on any atom is -0.497 e. The lowest BCUT2D eigenvalue weighted by Crippen LogP contribution is -2.04. The number of esters is 1. The summed E-state index contributed by atoms with van der Waals surface area (Å²) in [5, 5.41) is 0. The molecule has 3 nitrogen and oxygen atoms in total. The molecule has 0 amide bonds. The molecule has 1 aromatic carbocycles. The molecule has 0 saturated heterocycles. The van der Waals surface area contributed by atoms with Gasteiger partial charge in [0.1, 0.15) is 5.75 Å². The van der Waals surface area contributed by atoms with Crippen molar-refractivity contribution < 1.29 is 18.7 Å². The third-order valence-electron chi connectivity index (χ3n) is 2.12. The van der Waals surface area contributed by atoms with Gasteiger partial charge >= 0.3 is 5.97 Å². The van der Waals surface area contributed by atoms with Crippen molar-refractivity contribution in [3.8, 4) is 5.75 Å². The molecule has 17 heavy (non-hydrogen) atoms. The topological polar surface area (TPSA) is 35.5 Å². The van der Waals surface area contributed by atoms with Crippen molar-refractivity contribution in [1.82, 2.24) is 0 Å². The van der Waals surface area contributed by atoms with Crippen LogP contribution in [0.25, 0.3) is 0 Å². The Morgan fingerprint density at radius 3 is 2.88 bits per heavy atom. The summed E-state index contributed by atoms with van der Waals surface area (Å²) in [6.07, 6.45) is 1.52. The first-order valence-corrected chi connectivity index (χ1v) is 5.33. The van der Waals surface area contributed by atoms with Crippen LogP contribution < -0.4 is 4.74 Å². The molecule has 0 heterocycles. The highest BCUT2D eigenvalue weighted by Gasteiger charge is 2.08. The number of ether oxygens (including phenoxy) is 2. The van der Waals surface area contributed by atoms with Crippen molar-refractivity contribution in [3.05, 3.63) is 41.7 Å². The zero-order valence-electron chi connectivity index (χ0n) is 9.90. The third-order valence-corrected chi connectivity index (χ3v) is 2.12. The largest absolute Gasteiger partial charge is 0.497 e. The van der Waals surface area contributed by atoms with Crippen LogP contribution in [0.3, 0.4) is 0 Å². The molecule has 0 aromatic heterocycles. The summed E-state index contributed by atoms with van der Waals surface area (Å²) in [4.78, 5) is 11.0. The van der Waals surface area contributed by atoms with Crippen molar-refractivity contribution >= 4 is 5.97 Å². The maximum absolute atomic E-state index is 13.2. The van der Waals surface area contributed by atoms with Crippen molar-refractivity contribution in [2.24, 2.45) is 0 Å². The summed E-state index contributed by atoms with van der Waals surface area (Å²) in [6.45, 7) is 1.80. The SMILES string of the molecule is CCOC(=O)/C(F)=C\Cc1cccc(OC)c1. The van der Waals surface area contributed by atoms with Gasteiger partial charge in [0.25, 0.3) is 0 Å². The number of rotatable bonds is 5. The van der Waals surface area contributed by atoms with E-state index < -0.39 is 11.8 Å². The van der Waals surface area contributed by atoms with Crippen molar-refractivity contribution in [1.29, 1.82) is 0 Å². The van der Waals surface area contributed by atoms with Crippen LogP contribution in [0.15, 0.2) is 36.2 Å². The fourth-order valence-corrected chi connectivity index (χ4v) is 1.29. The zero-order chi connectivity index (χ0) is 12.7. The fourth-order valence-electron chi connectivity index (χ4n) is 1.29. The van der Waals surface area contributed by atoms with Gasteiger partial charge in [0.15, 0.2) is 0 Å². The predicted octanol–water partition coefficient (Wildman–Crippen LogP) is 2.65. The van der Waals surface area contributed by atoms with Gasteiger partial charge in [-0.3, -0.25) is 0 Å². The van der Waals surface area contributed by atoms with Crippen LogP contribution in [-0.4, -0.2) is 19.7 Å². The van der Waals surface area contributed by atoms with E-state index in [1.54, 1.807) is 26.2 Å². The first-order valence-electron chi connectivity index (χ1n) is 5.33. The molecule has 0 atom stereocenters. The van der Waals surface area contributed by atoms with E-state index in [0.717, 1.165) is 5.56 Å². The lowest BCUT2D eigenvalue weighted by molar-refractivity contribution is -0.140. The molecule has 0 N–H and O–H groups in total. The van der Waals surface area contributed by atoms with Gasteiger partial charge in [0.2, 0.25) is 5.83 Å².